The Morgan fingerprint density at radius 3 is 2.74 bits per heavy atom. The van der Waals surface area contributed by atoms with Crippen molar-refractivity contribution in [1.29, 1.82) is 0 Å². The van der Waals surface area contributed by atoms with Crippen molar-refractivity contribution in [2.75, 3.05) is 18.0 Å². The average Bonchev–Trinajstić information content (AvgIpc) is 2.96. The molecule has 27 heavy (non-hydrogen) atoms. The van der Waals surface area contributed by atoms with E-state index >= 15 is 0 Å². The summed E-state index contributed by atoms with van der Waals surface area (Å²) in [5, 5.41) is 4.82. The summed E-state index contributed by atoms with van der Waals surface area (Å²) in [5.41, 5.74) is 6.39. The summed E-state index contributed by atoms with van der Waals surface area (Å²) < 4.78 is 16.1. The molecule has 2 aliphatic heterocycles. The van der Waals surface area contributed by atoms with E-state index in [1.165, 1.54) is 11.3 Å². The van der Waals surface area contributed by atoms with Crippen LogP contribution in [0.2, 0.25) is 0 Å². The summed E-state index contributed by atoms with van der Waals surface area (Å²) in [6.45, 7) is 7.39. The van der Waals surface area contributed by atoms with E-state index in [1.807, 2.05) is 29.6 Å². The maximum atomic E-state index is 14.1. The Kier molecular flexibility index (Phi) is 4.44. The molecule has 0 aliphatic carbocycles. The number of carbonyl (C=O) groups is 1. The first-order chi connectivity index (χ1) is 12.9. The van der Waals surface area contributed by atoms with Gasteiger partial charge in [0.25, 0.3) is 0 Å². The first-order valence-electron chi connectivity index (χ1n) is 9.72. The number of fused-ring (bicyclic) bond motifs is 2. The highest BCUT2D eigenvalue weighted by Gasteiger charge is 2.30. The second kappa shape index (κ2) is 6.66. The summed E-state index contributed by atoms with van der Waals surface area (Å²) in [5.74, 6) is 1.01. The third-order valence-corrected chi connectivity index (χ3v) is 5.94. The molecule has 1 unspecified atom stereocenters. The topological polar surface area (TPSA) is 41.4 Å². The minimum absolute atomic E-state index is 0.0960. The van der Waals surface area contributed by atoms with E-state index in [1.54, 1.807) is 13.8 Å². The summed E-state index contributed by atoms with van der Waals surface area (Å²) in [6.07, 6.45) is 1.87. The Hall–Kier alpha value is -2.37. The van der Waals surface area contributed by atoms with Crippen molar-refractivity contribution in [3.05, 3.63) is 40.1 Å². The molecular formula is C21H27FN4O. The lowest BCUT2D eigenvalue weighted by Crippen LogP contribution is -2.35. The number of halogens is 1. The molecule has 2 aromatic rings. The molecule has 6 heteroatoms. The lowest BCUT2D eigenvalue weighted by molar-refractivity contribution is -0.129. The average molecular weight is 370 g/mol. The van der Waals surface area contributed by atoms with Crippen molar-refractivity contribution in [3.63, 3.8) is 0 Å². The number of hydrogen-bond donors (Lipinski definition) is 0. The zero-order valence-electron chi connectivity index (χ0n) is 16.5. The van der Waals surface area contributed by atoms with E-state index in [2.05, 4.69) is 11.0 Å². The number of nitrogens with zero attached hydrogens (tertiary/aromatic N) is 4. The van der Waals surface area contributed by atoms with Crippen LogP contribution in [0, 0.1) is 6.92 Å². The Labute approximate surface area is 159 Å². The van der Waals surface area contributed by atoms with Crippen LogP contribution in [-0.4, -0.2) is 33.7 Å². The van der Waals surface area contributed by atoms with Gasteiger partial charge in [0.1, 0.15) is 6.17 Å². The van der Waals surface area contributed by atoms with Gasteiger partial charge in [-0.15, -0.1) is 0 Å². The van der Waals surface area contributed by atoms with Crippen molar-refractivity contribution >= 4 is 17.4 Å². The van der Waals surface area contributed by atoms with E-state index in [9.17, 15) is 9.18 Å². The summed E-state index contributed by atoms with van der Waals surface area (Å²) in [4.78, 5) is 16.0. The maximum Gasteiger partial charge on any atom is 0.219 e. The molecule has 144 valence electrons. The van der Waals surface area contributed by atoms with Gasteiger partial charge in [0.05, 0.1) is 6.54 Å². The van der Waals surface area contributed by atoms with Crippen molar-refractivity contribution < 1.29 is 9.18 Å². The second-order valence-electron chi connectivity index (χ2n) is 7.77. The van der Waals surface area contributed by atoms with Crippen LogP contribution in [0.15, 0.2) is 12.1 Å². The SMILES string of the molecule is CC(=O)N1CCc2c(c(N3CCCc4cc(C)c(C(C)F)cc43)nn2C)C1. The van der Waals surface area contributed by atoms with E-state index < -0.39 is 6.17 Å². The molecule has 1 atom stereocenters. The van der Waals surface area contributed by atoms with E-state index in [0.717, 1.165) is 60.5 Å². The smallest absolute Gasteiger partial charge is 0.219 e. The minimum Gasteiger partial charge on any atom is -0.338 e. The number of aromatic nitrogens is 2. The van der Waals surface area contributed by atoms with Crippen LogP contribution < -0.4 is 4.90 Å². The molecule has 3 heterocycles. The molecule has 1 amide bonds. The highest BCUT2D eigenvalue weighted by atomic mass is 19.1. The molecule has 5 nitrogen and oxygen atoms in total. The molecule has 4 rings (SSSR count). The van der Waals surface area contributed by atoms with Crippen molar-refractivity contribution in [1.82, 2.24) is 14.7 Å². The third-order valence-electron chi connectivity index (χ3n) is 5.94. The predicted octanol–water partition coefficient (Wildman–Crippen LogP) is 3.75. The van der Waals surface area contributed by atoms with Crippen LogP contribution in [-0.2, 0) is 31.2 Å². The van der Waals surface area contributed by atoms with E-state index in [4.69, 9.17) is 5.10 Å². The summed E-state index contributed by atoms with van der Waals surface area (Å²) in [7, 11) is 1.97. The van der Waals surface area contributed by atoms with Gasteiger partial charge >= 0.3 is 0 Å². The first-order valence-corrected chi connectivity index (χ1v) is 9.72. The molecular weight excluding hydrogens is 343 g/mol. The van der Waals surface area contributed by atoms with Gasteiger partial charge in [-0.1, -0.05) is 6.07 Å². The summed E-state index contributed by atoms with van der Waals surface area (Å²) in [6, 6.07) is 4.13. The molecule has 0 saturated carbocycles. The van der Waals surface area contributed by atoms with E-state index in [-0.39, 0.29) is 5.91 Å². The Morgan fingerprint density at radius 1 is 1.26 bits per heavy atom. The number of hydrogen-bond acceptors (Lipinski definition) is 3. The number of carbonyl (C=O) groups excluding carboxylic acids is 1. The Balaban J connectivity index is 1.81. The van der Waals surface area contributed by atoms with Gasteiger partial charge in [0.15, 0.2) is 5.82 Å². The van der Waals surface area contributed by atoms with Gasteiger partial charge in [-0.2, -0.15) is 5.10 Å². The maximum absolute atomic E-state index is 14.1. The van der Waals surface area contributed by atoms with Crippen molar-refractivity contribution in [2.45, 2.75) is 52.8 Å². The van der Waals surface area contributed by atoms with Gasteiger partial charge in [-0.3, -0.25) is 9.48 Å². The highest BCUT2D eigenvalue weighted by Crippen LogP contribution is 2.39. The summed E-state index contributed by atoms with van der Waals surface area (Å²) >= 11 is 0. The second-order valence-corrected chi connectivity index (χ2v) is 7.77. The molecule has 2 aliphatic rings. The van der Waals surface area contributed by atoms with Crippen LogP contribution in [0.5, 0.6) is 0 Å². The Bertz CT molecular complexity index is 902. The largest absolute Gasteiger partial charge is 0.338 e. The fourth-order valence-electron chi connectivity index (χ4n) is 4.48. The number of amides is 1. The van der Waals surface area contributed by atoms with Gasteiger partial charge in [-0.05, 0) is 49.4 Å². The standard InChI is InChI=1S/C21H27FN4O/c1-13-10-16-6-5-8-26(20(16)11-17(13)14(2)22)21-18-12-25(15(3)27)9-7-19(18)24(4)23-21/h10-11,14H,5-9,12H2,1-4H3. The molecule has 0 fully saturated rings. The van der Waals surface area contributed by atoms with E-state index in [0.29, 0.717) is 6.54 Å². The number of alkyl halides is 1. The molecule has 1 aromatic carbocycles. The van der Waals surface area contributed by atoms with Gasteiger partial charge in [0.2, 0.25) is 5.91 Å². The molecule has 0 bridgehead atoms. The predicted molar refractivity (Wildman–Crippen MR) is 104 cm³/mol. The molecule has 1 aromatic heterocycles. The van der Waals surface area contributed by atoms with Crippen molar-refractivity contribution in [3.8, 4) is 0 Å². The van der Waals surface area contributed by atoms with Crippen molar-refractivity contribution in [2.24, 2.45) is 7.05 Å². The molecule has 0 radical (unpaired) electrons. The lowest BCUT2D eigenvalue weighted by Gasteiger charge is -2.33. The van der Waals surface area contributed by atoms with Crippen LogP contribution in [0.3, 0.4) is 0 Å². The highest BCUT2D eigenvalue weighted by molar-refractivity contribution is 5.75. The number of rotatable bonds is 2. The third kappa shape index (κ3) is 3.01. The van der Waals surface area contributed by atoms with Crippen LogP contribution in [0.4, 0.5) is 15.9 Å². The number of benzene rings is 1. The molecule has 0 spiro atoms. The normalized spacial score (nSPS) is 17.5. The van der Waals surface area contributed by atoms with Gasteiger partial charge in [-0.25, -0.2) is 4.39 Å². The van der Waals surface area contributed by atoms with Crippen LogP contribution in [0.25, 0.3) is 0 Å². The van der Waals surface area contributed by atoms with Crippen LogP contribution >= 0.6 is 0 Å². The lowest BCUT2D eigenvalue weighted by atomic mass is 9.94. The zero-order valence-corrected chi connectivity index (χ0v) is 16.5. The molecule has 0 saturated heterocycles. The minimum atomic E-state index is -0.995. The van der Waals surface area contributed by atoms with Crippen LogP contribution in [0.1, 0.15) is 54.4 Å². The van der Waals surface area contributed by atoms with Gasteiger partial charge in [0, 0.05) is 50.4 Å². The quantitative estimate of drug-likeness (QED) is 0.808. The number of anilines is 2. The monoisotopic (exact) mass is 370 g/mol. The fourth-order valence-corrected chi connectivity index (χ4v) is 4.48. The Morgan fingerprint density at radius 2 is 2.04 bits per heavy atom. The first kappa shape index (κ1) is 18.0. The zero-order chi connectivity index (χ0) is 19.3. The fraction of sp³-hybridized carbons (Fsp3) is 0.524. The molecule has 0 N–H and O–H groups in total. The van der Waals surface area contributed by atoms with Gasteiger partial charge < -0.3 is 9.80 Å². The number of aryl methyl sites for hydroxylation is 3.